The predicted molar refractivity (Wildman–Crippen MR) is 64.4 cm³/mol. The van der Waals surface area contributed by atoms with Crippen molar-refractivity contribution in [3.8, 4) is 6.07 Å². The van der Waals surface area contributed by atoms with Gasteiger partial charge in [0, 0.05) is 13.6 Å². The first-order valence-corrected chi connectivity index (χ1v) is 6.62. The Morgan fingerprint density at radius 1 is 1.53 bits per heavy atom. The van der Waals surface area contributed by atoms with Gasteiger partial charge in [-0.05, 0) is 6.42 Å². The van der Waals surface area contributed by atoms with Gasteiger partial charge in [0.05, 0.1) is 11.8 Å². The van der Waals surface area contributed by atoms with E-state index in [0.717, 1.165) is 22.4 Å². The van der Waals surface area contributed by atoms with Crippen molar-refractivity contribution >= 4 is 28.2 Å². The van der Waals surface area contributed by atoms with E-state index in [0.29, 0.717) is 5.75 Å². The normalized spacial score (nSPS) is 9.93. The van der Waals surface area contributed by atoms with Crippen molar-refractivity contribution < 1.29 is 0 Å². The zero-order valence-corrected chi connectivity index (χ0v) is 10.6. The van der Waals surface area contributed by atoms with Gasteiger partial charge in [-0.25, -0.2) is 0 Å². The highest BCUT2D eigenvalue weighted by atomic mass is 32.2. The van der Waals surface area contributed by atoms with Crippen LogP contribution in [0.15, 0.2) is 4.34 Å². The topological polar surface area (TPSA) is 52.8 Å². The molecule has 0 aliphatic heterocycles. The molecule has 0 spiro atoms. The standard InChI is InChI=1S/C9H14N4S2/c1-3-4-6-13(2)8-11-12-9(15-8)14-7-5-10/h3-4,6-7H2,1-2H3. The van der Waals surface area contributed by atoms with Crippen molar-refractivity contribution in [2.45, 2.75) is 24.1 Å². The second kappa shape index (κ2) is 6.64. The van der Waals surface area contributed by atoms with E-state index >= 15 is 0 Å². The number of unbranched alkanes of at least 4 members (excludes halogenated alkanes) is 1. The van der Waals surface area contributed by atoms with Gasteiger partial charge in [-0.3, -0.25) is 0 Å². The van der Waals surface area contributed by atoms with E-state index in [2.05, 4.69) is 28.1 Å². The van der Waals surface area contributed by atoms with Crippen molar-refractivity contribution in [3.63, 3.8) is 0 Å². The Morgan fingerprint density at radius 2 is 2.33 bits per heavy atom. The first-order chi connectivity index (χ1) is 7.27. The van der Waals surface area contributed by atoms with Crippen molar-refractivity contribution in [1.82, 2.24) is 10.2 Å². The summed E-state index contributed by atoms with van der Waals surface area (Å²) in [5.74, 6) is 0.438. The second-order valence-corrected chi connectivity index (χ2v) is 5.25. The highest BCUT2D eigenvalue weighted by Crippen LogP contribution is 2.27. The molecule has 0 fully saturated rings. The van der Waals surface area contributed by atoms with Crippen LogP contribution in [0.3, 0.4) is 0 Å². The second-order valence-electron chi connectivity index (χ2n) is 3.07. The van der Waals surface area contributed by atoms with E-state index < -0.39 is 0 Å². The van der Waals surface area contributed by atoms with Crippen LogP contribution in [0, 0.1) is 11.3 Å². The van der Waals surface area contributed by atoms with Gasteiger partial charge >= 0.3 is 0 Å². The van der Waals surface area contributed by atoms with E-state index in [4.69, 9.17) is 5.26 Å². The fourth-order valence-electron chi connectivity index (χ4n) is 1.00. The molecule has 4 nitrogen and oxygen atoms in total. The van der Waals surface area contributed by atoms with Gasteiger partial charge in [-0.1, -0.05) is 36.4 Å². The Balaban J connectivity index is 2.48. The first-order valence-electron chi connectivity index (χ1n) is 4.82. The van der Waals surface area contributed by atoms with Crippen molar-refractivity contribution in [2.75, 3.05) is 24.2 Å². The minimum Gasteiger partial charge on any atom is -0.350 e. The molecular formula is C9H14N4S2. The smallest absolute Gasteiger partial charge is 0.208 e. The summed E-state index contributed by atoms with van der Waals surface area (Å²) in [6, 6.07) is 2.08. The minimum absolute atomic E-state index is 0.438. The zero-order valence-electron chi connectivity index (χ0n) is 8.93. The summed E-state index contributed by atoms with van der Waals surface area (Å²) in [6.45, 7) is 3.18. The molecular weight excluding hydrogens is 228 g/mol. The molecule has 0 atom stereocenters. The van der Waals surface area contributed by atoms with Gasteiger partial charge < -0.3 is 4.90 Å². The van der Waals surface area contributed by atoms with Crippen LogP contribution in [-0.4, -0.2) is 29.5 Å². The molecule has 0 radical (unpaired) electrons. The number of rotatable bonds is 6. The third-order valence-electron chi connectivity index (χ3n) is 1.83. The third-order valence-corrected chi connectivity index (χ3v) is 3.87. The lowest BCUT2D eigenvalue weighted by molar-refractivity contribution is 0.760. The van der Waals surface area contributed by atoms with E-state index in [9.17, 15) is 0 Å². The van der Waals surface area contributed by atoms with E-state index in [1.54, 1.807) is 11.3 Å². The monoisotopic (exact) mass is 242 g/mol. The lowest BCUT2D eigenvalue weighted by atomic mass is 10.3. The van der Waals surface area contributed by atoms with Crippen LogP contribution in [0.5, 0.6) is 0 Å². The van der Waals surface area contributed by atoms with Gasteiger partial charge in [-0.15, -0.1) is 10.2 Å². The molecule has 0 aliphatic rings. The molecule has 1 aromatic rings. The molecule has 15 heavy (non-hydrogen) atoms. The summed E-state index contributed by atoms with van der Waals surface area (Å²) in [6.07, 6.45) is 2.34. The van der Waals surface area contributed by atoms with Gasteiger partial charge in [0.25, 0.3) is 0 Å². The number of thioether (sulfide) groups is 1. The van der Waals surface area contributed by atoms with Gasteiger partial charge in [0.15, 0.2) is 4.34 Å². The quantitative estimate of drug-likeness (QED) is 0.717. The maximum absolute atomic E-state index is 8.43. The molecule has 0 aliphatic carbocycles. The van der Waals surface area contributed by atoms with Crippen molar-refractivity contribution in [1.29, 1.82) is 5.26 Å². The third kappa shape index (κ3) is 4.06. The summed E-state index contributed by atoms with van der Waals surface area (Å²) in [7, 11) is 2.02. The highest BCUT2D eigenvalue weighted by Gasteiger charge is 2.08. The van der Waals surface area contributed by atoms with Crippen LogP contribution in [0.25, 0.3) is 0 Å². The number of nitrogens with zero attached hydrogens (tertiary/aromatic N) is 4. The van der Waals surface area contributed by atoms with E-state index in [-0.39, 0.29) is 0 Å². The van der Waals surface area contributed by atoms with Crippen LogP contribution in [0.2, 0.25) is 0 Å². The number of anilines is 1. The molecule has 0 N–H and O–H groups in total. The summed E-state index contributed by atoms with van der Waals surface area (Å²) in [4.78, 5) is 2.11. The number of nitriles is 1. The number of hydrogen-bond donors (Lipinski definition) is 0. The van der Waals surface area contributed by atoms with Crippen LogP contribution in [-0.2, 0) is 0 Å². The van der Waals surface area contributed by atoms with Crippen molar-refractivity contribution in [2.24, 2.45) is 0 Å². The van der Waals surface area contributed by atoms with E-state index in [1.165, 1.54) is 18.2 Å². The van der Waals surface area contributed by atoms with Gasteiger partial charge in [0.2, 0.25) is 5.13 Å². The maximum Gasteiger partial charge on any atom is 0.208 e. The molecule has 0 aromatic carbocycles. The molecule has 82 valence electrons. The average Bonchev–Trinajstić information content (AvgIpc) is 2.71. The van der Waals surface area contributed by atoms with Crippen molar-refractivity contribution in [3.05, 3.63) is 0 Å². The summed E-state index contributed by atoms with van der Waals surface area (Å²) < 4.78 is 0.870. The molecule has 0 saturated carbocycles. The SMILES string of the molecule is CCCCN(C)c1nnc(SCC#N)s1. The molecule has 0 unspecified atom stereocenters. The summed E-state index contributed by atoms with van der Waals surface area (Å²) >= 11 is 2.99. The first kappa shape index (κ1) is 12.3. The van der Waals surface area contributed by atoms with Gasteiger partial charge in [-0.2, -0.15) is 5.26 Å². The largest absolute Gasteiger partial charge is 0.350 e. The molecule has 1 rings (SSSR count). The predicted octanol–water partition coefficient (Wildman–Crippen LogP) is 2.39. The Morgan fingerprint density at radius 3 is 3.00 bits per heavy atom. The minimum atomic E-state index is 0.438. The lowest BCUT2D eigenvalue weighted by Gasteiger charge is -2.13. The molecule has 6 heteroatoms. The lowest BCUT2D eigenvalue weighted by Crippen LogP contribution is -2.17. The van der Waals surface area contributed by atoms with Crippen LogP contribution < -0.4 is 4.90 Å². The Labute approximate surface area is 98.3 Å². The fraction of sp³-hybridized carbons (Fsp3) is 0.667. The molecule has 0 amide bonds. The number of aromatic nitrogens is 2. The highest BCUT2D eigenvalue weighted by molar-refractivity contribution is 8.01. The van der Waals surface area contributed by atoms with Crippen LogP contribution in [0.4, 0.5) is 5.13 Å². The molecule has 1 aromatic heterocycles. The molecule has 1 heterocycles. The van der Waals surface area contributed by atoms with Crippen LogP contribution >= 0.6 is 23.1 Å². The Hall–Kier alpha value is -0.800. The number of hydrogen-bond acceptors (Lipinski definition) is 6. The fourth-order valence-corrected chi connectivity index (χ4v) is 2.49. The maximum atomic E-state index is 8.43. The zero-order chi connectivity index (χ0) is 11.1. The Kier molecular flexibility index (Phi) is 5.43. The molecule has 0 bridgehead atoms. The summed E-state index contributed by atoms with van der Waals surface area (Å²) in [5, 5.41) is 17.5. The Bertz CT molecular complexity index is 331. The van der Waals surface area contributed by atoms with Gasteiger partial charge in [0.1, 0.15) is 0 Å². The molecule has 0 saturated heterocycles. The summed E-state index contributed by atoms with van der Waals surface area (Å²) in [5.41, 5.74) is 0. The van der Waals surface area contributed by atoms with Crippen LogP contribution in [0.1, 0.15) is 19.8 Å². The van der Waals surface area contributed by atoms with E-state index in [1.807, 2.05) is 7.05 Å². The average molecular weight is 242 g/mol.